The normalized spacial score (nSPS) is 12.1. The topological polar surface area (TPSA) is 116 Å². The van der Waals surface area contributed by atoms with Gasteiger partial charge in [0.05, 0.1) is 24.6 Å². The number of fused-ring (bicyclic) bond motifs is 3. The highest BCUT2D eigenvalue weighted by Gasteiger charge is 2.23. The Morgan fingerprint density at radius 2 is 2.09 bits per heavy atom. The molecule has 5 rings (SSSR count). The van der Waals surface area contributed by atoms with Crippen LogP contribution in [0.1, 0.15) is 22.8 Å². The number of para-hydroxylation sites is 1. The van der Waals surface area contributed by atoms with E-state index in [9.17, 15) is 4.79 Å². The van der Waals surface area contributed by atoms with Crippen molar-refractivity contribution in [1.29, 1.82) is 0 Å². The molecule has 1 aliphatic rings. The molecule has 0 atom stereocenters. The lowest BCUT2D eigenvalue weighted by molar-refractivity contribution is 0.0526. The van der Waals surface area contributed by atoms with E-state index in [-0.39, 0.29) is 23.9 Å². The van der Waals surface area contributed by atoms with Crippen LogP contribution in [-0.2, 0) is 18.2 Å². The highest BCUT2D eigenvalue weighted by atomic mass is 16.5. The maximum atomic E-state index is 12.6. The Morgan fingerprint density at radius 1 is 1.18 bits per heavy atom. The summed E-state index contributed by atoms with van der Waals surface area (Å²) in [6, 6.07) is 11.2. The molecule has 0 unspecified atom stereocenters. The Kier molecular flexibility index (Phi) is 5.77. The van der Waals surface area contributed by atoms with Gasteiger partial charge in [-0.1, -0.05) is 12.1 Å². The van der Waals surface area contributed by atoms with Crippen LogP contribution in [0.2, 0.25) is 0 Å². The average Bonchev–Trinajstić information content (AvgIpc) is 3.12. The number of carbonyl (C=O) groups excluding carboxylic acids is 1. The van der Waals surface area contributed by atoms with Crippen LogP contribution >= 0.6 is 0 Å². The first-order chi connectivity index (χ1) is 16.6. The van der Waals surface area contributed by atoms with Crippen molar-refractivity contribution in [1.82, 2.24) is 24.7 Å². The van der Waals surface area contributed by atoms with Crippen molar-refractivity contribution in [2.45, 2.75) is 13.3 Å². The van der Waals surface area contributed by atoms with Crippen molar-refractivity contribution in [2.75, 3.05) is 23.8 Å². The van der Waals surface area contributed by atoms with Crippen molar-refractivity contribution >= 4 is 29.2 Å². The predicted molar refractivity (Wildman–Crippen MR) is 127 cm³/mol. The van der Waals surface area contributed by atoms with Crippen molar-refractivity contribution in [3.05, 3.63) is 66.1 Å². The Bertz CT molecular complexity index is 1340. The standard InChI is InChI=1S/C24H23N7O3/c1-3-33-23(32)17-13-26-24(28-19-9-4-5-11-25-19)29-22(17)27-18-8-6-7-16-20-15(14-31(2)30-20)10-12-34-21(16)18/h4-9,11,13-14H,3,10,12H2,1-2H3,(H2,25,26,27,28,29). The first-order valence-corrected chi connectivity index (χ1v) is 10.9. The first-order valence-electron chi connectivity index (χ1n) is 10.9. The van der Waals surface area contributed by atoms with Crippen LogP contribution in [0.5, 0.6) is 5.75 Å². The Hall–Kier alpha value is -4.47. The van der Waals surface area contributed by atoms with Crippen LogP contribution in [0.4, 0.5) is 23.3 Å². The summed E-state index contributed by atoms with van der Waals surface area (Å²) >= 11 is 0. The van der Waals surface area contributed by atoms with Crippen molar-refractivity contribution < 1.29 is 14.3 Å². The quantitative estimate of drug-likeness (QED) is 0.416. The van der Waals surface area contributed by atoms with Crippen LogP contribution in [0.15, 0.2) is 55.0 Å². The van der Waals surface area contributed by atoms with E-state index < -0.39 is 5.97 Å². The number of nitrogens with zero attached hydrogens (tertiary/aromatic N) is 5. The van der Waals surface area contributed by atoms with Gasteiger partial charge in [-0.25, -0.2) is 14.8 Å². The second-order valence-corrected chi connectivity index (χ2v) is 7.60. The van der Waals surface area contributed by atoms with Gasteiger partial charge in [-0.05, 0) is 31.2 Å². The summed E-state index contributed by atoms with van der Waals surface area (Å²) in [5.74, 6) is 1.27. The van der Waals surface area contributed by atoms with Gasteiger partial charge in [-0.15, -0.1) is 0 Å². The average molecular weight is 457 g/mol. The lowest BCUT2D eigenvalue weighted by Gasteiger charge is -2.16. The van der Waals surface area contributed by atoms with Gasteiger partial charge >= 0.3 is 5.97 Å². The lowest BCUT2D eigenvalue weighted by atomic mass is 10.1. The minimum atomic E-state index is -0.524. The molecule has 34 heavy (non-hydrogen) atoms. The van der Waals surface area contributed by atoms with Crippen LogP contribution in [0, 0.1) is 0 Å². The number of rotatable bonds is 6. The molecule has 1 aromatic carbocycles. The van der Waals surface area contributed by atoms with Gasteiger partial charge in [0.1, 0.15) is 11.4 Å². The van der Waals surface area contributed by atoms with E-state index in [2.05, 4.69) is 30.7 Å². The third kappa shape index (κ3) is 4.25. The number of ether oxygens (including phenoxy) is 2. The van der Waals surface area contributed by atoms with E-state index in [1.54, 1.807) is 23.9 Å². The minimum Gasteiger partial charge on any atom is -0.490 e. The molecule has 0 aliphatic carbocycles. The molecule has 3 aromatic heterocycles. The summed E-state index contributed by atoms with van der Waals surface area (Å²) in [6.45, 7) is 2.49. The Labute approximate surface area is 196 Å². The van der Waals surface area contributed by atoms with Crippen LogP contribution in [0.3, 0.4) is 0 Å². The number of aromatic nitrogens is 5. The number of esters is 1. The number of anilines is 4. The van der Waals surface area contributed by atoms with E-state index >= 15 is 0 Å². The van der Waals surface area contributed by atoms with Gasteiger partial charge in [0.15, 0.2) is 11.6 Å². The highest BCUT2D eigenvalue weighted by molar-refractivity contribution is 5.96. The monoisotopic (exact) mass is 457 g/mol. The SMILES string of the molecule is CCOC(=O)c1cnc(Nc2ccccn2)nc1Nc1cccc2c1OCCc1cn(C)nc1-2. The van der Waals surface area contributed by atoms with Crippen molar-refractivity contribution in [3.63, 3.8) is 0 Å². The molecule has 172 valence electrons. The maximum Gasteiger partial charge on any atom is 0.343 e. The molecule has 0 fully saturated rings. The third-order valence-corrected chi connectivity index (χ3v) is 5.23. The molecule has 2 N–H and O–H groups in total. The van der Waals surface area contributed by atoms with E-state index in [1.807, 2.05) is 43.6 Å². The van der Waals surface area contributed by atoms with Gasteiger partial charge in [0, 0.05) is 43.2 Å². The fraction of sp³-hybridized carbons (Fsp3) is 0.208. The van der Waals surface area contributed by atoms with E-state index in [0.717, 1.165) is 23.2 Å². The summed E-state index contributed by atoms with van der Waals surface area (Å²) in [5.41, 5.74) is 3.73. The molecule has 4 heterocycles. The molecular weight excluding hydrogens is 434 g/mol. The third-order valence-electron chi connectivity index (χ3n) is 5.23. The smallest absolute Gasteiger partial charge is 0.343 e. The first kappa shape index (κ1) is 21.4. The fourth-order valence-corrected chi connectivity index (χ4v) is 3.76. The zero-order valence-corrected chi connectivity index (χ0v) is 18.8. The zero-order chi connectivity index (χ0) is 23.5. The summed E-state index contributed by atoms with van der Waals surface area (Å²) in [7, 11) is 1.90. The number of benzene rings is 1. The van der Waals surface area contributed by atoms with Crippen molar-refractivity contribution in [3.8, 4) is 17.0 Å². The second kappa shape index (κ2) is 9.18. The van der Waals surface area contributed by atoms with Crippen LogP contribution in [0.25, 0.3) is 11.3 Å². The molecule has 10 nitrogen and oxygen atoms in total. The molecule has 0 saturated carbocycles. The van der Waals surface area contributed by atoms with Crippen LogP contribution in [-0.4, -0.2) is 43.9 Å². The number of carbonyl (C=O) groups is 1. The molecule has 1 aliphatic heterocycles. The molecule has 4 aromatic rings. The predicted octanol–water partition coefficient (Wildman–Crippen LogP) is 3.87. The van der Waals surface area contributed by atoms with Gasteiger partial charge in [-0.2, -0.15) is 10.1 Å². The van der Waals surface area contributed by atoms with E-state index in [4.69, 9.17) is 9.47 Å². The summed E-state index contributed by atoms with van der Waals surface area (Å²) in [4.78, 5) is 25.7. The molecule has 10 heteroatoms. The lowest BCUT2D eigenvalue weighted by Crippen LogP contribution is -2.12. The molecule has 0 radical (unpaired) electrons. The summed E-state index contributed by atoms with van der Waals surface area (Å²) in [6.07, 6.45) is 5.85. The van der Waals surface area contributed by atoms with Gasteiger partial charge in [0.2, 0.25) is 5.95 Å². The second-order valence-electron chi connectivity index (χ2n) is 7.60. The molecule has 0 spiro atoms. The maximum absolute atomic E-state index is 12.6. The van der Waals surface area contributed by atoms with Gasteiger partial charge in [-0.3, -0.25) is 4.68 Å². The van der Waals surface area contributed by atoms with Gasteiger partial charge < -0.3 is 20.1 Å². The van der Waals surface area contributed by atoms with E-state index in [0.29, 0.717) is 23.9 Å². The summed E-state index contributed by atoms with van der Waals surface area (Å²) in [5, 5.41) is 10.9. The largest absolute Gasteiger partial charge is 0.490 e. The number of hydrogen-bond acceptors (Lipinski definition) is 9. The number of aryl methyl sites for hydroxylation is 1. The number of pyridine rings is 1. The summed E-state index contributed by atoms with van der Waals surface area (Å²) < 4.78 is 13.1. The number of nitrogens with one attached hydrogen (secondary N) is 2. The molecule has 0 bridgehead atoms. The molecule has 0 saturated heterocycles. The van der Waals surface area contributed by atoms with Crippen LogP contribution < -0.4 is 15.4 Å². The Balaban J connectivity index is 1.54. The van der Waals surface area contributed by atoms with Crippen molar-refractivity contribution in [2.24, 2.45) is 7.05 Å². The van der Waals surface area contributed by atoms with Gasteiger partial charge in [0.25, 0.3) is 0 Å². The fourth-order valence-electron chi connectivity index (χ4n) is 3.76. The zero-order valence-electron chi connectivity index (χ0n) is 18.8. The highest BCUT2D eigenvalue weighted by Crippen LogP contribution is 2.40. The van der Waals surface area contributed by atoms with E-state index in [1.165, 1.54) is 6.20 Å². The minimum absolute atomic E-state index is 0.207. The number of hydrogen-bond donors (Lipinski definition) is 2. The Morgan fingerprint density at radius 3 is 2.91 bits per heavy atom. The molecule has 0 amide bonds. The molecular formula is C24H23N7O3.